The maximum atomic E-state index is 12.6. The third kappa shape index (κ3) is 4.65. The van der Waals surface area contributed by atoms with E-state index in [-0.39, 0.29) is 11.3 Å². The Kier molecular flexibility index (Phi) is 5.46. The maximum absolute atomic E-state index is 12.6. The van der Waals surface area contributed by atoms with Gasteiger partial charge in [0.05, 0.1) is 16.8 Å². The first-order valence-electron chi connectivity index (χ1n) is 7.80. The fourth-order valence-electron chi connectivity index (χ4n) is 2.32. The average molecular weight is 436 g/mol. The molecule has 0 spiro atoms. The third-order valence-corrected chi connectivity index (χ3v) is 4.34. The second kappa shape index (κ2) is 7.79. The van der Waals surface area contributed by atoms with Gasteiger partial charge in [-0.2, -0.15) is 13.2 Å². The van der Waals surface area contributed by atoms with Gasteiger partial charge in [0.15, 0.2) is 0 Å². The van der Waals surface area contributed by atoms with E-state index in [1.165, 1.54) is 18.3 Å². The fourth-order valence-corrected chi connectivity index (χ4v) is 2.70. The number of para-hydroxylation sites is 1. The number of carbonyl (C=O) groups excluding carboxylic acids is 1. The molecule has 0 saturated carbocycles. The molecule has 138 valence electrons. The molecule has 0 radical (unpaired) electrons. The Labute approximate surface area is 161 Å². The fraction of sp³-hybridized carbons (Fsp3) is 0.0526. The van der Waals surface area contributed by atoms with Gasteiger partial charge in [0, 0.05) is 16.4 Å². The number of carbonyl (C=O) groups is 1. The van der Waals surface area contributed by atoms with Gasteiger partial charge in [0.25, 0.3) is 5.91 Å². The largest absolute Gasteiger partial charge is 0.416 e. The van der Waals surface area contributed by atoms with Crippen LogP contribution in [0.4, 0.5) is 30.4 Å². The summed E-state index contributed by atoms with van der Waals surface area (Å²) in [4.78, 5) is 16.7. The maximum Gasteiger partial charge on any atom is 0.416 e. The van der Waals surface area contributed by atoms with E-state index in [2.05, 4.69) is 31.5 Å². The van der Waals surface area contributed by atoms with Crippen molar-refractivity contribution in [3.8, 4) is 0 Å². The SMILES string of the molecule is O=C(Nc1ccc(C(F)(F)F)cc1)c1cccnc1Nc1ccccc1Br. The molecule has 2 N–H and O–H groups in total. The number of aromatic nitrogens is 1. The highest BCUT2D eigenvalue weighted by Gasteiger charge is 2.30. The van der Waals surface area contributed by atoms with Crippen molar-refractivity contribution < 1.29 is 18.0 Å². The monoisotopic (exact) mass is 435 g/mol. The number of rotatable bonds is 4. The number of benzene rings is 2. The lowest BCUT2D eigenvalue weighted by molar-refractivity contribution is -0.137. The van der Waals surface area contributed by atoms with Crippen LogP contribution in [-0.2, 0) is 6.18 Å². The van der Waals surface area contributed by atoms with E-state index in [1.54, 1.807) is 12.1 Å². The number of halogens is 4. The number of hydrogen-bond donors (Lipinski definition) is 2. The van der Waals surface area contributed by atoms with Crippen LogP contribution in [0.1, 0.15) is 15.9 Å². The van der Waals surface area contributed by atoms with Crippen LogP contribution in [0, 0.1) is 0 Å². The van der Waals surface area contributed by atoms with Crippen molar-refractivity contribution in [2.45, 2.75) is 6.18 Å². The zero-order valence-corrected chi connectivity index (χ0v) is 15.3. The molecule has 0 bridgehead atoms. The van der Waals surface area contributed by atoms with Crippen LogP contribution in [0.25, 0.3) is 0 Å². The van der Waals surface area contributed by atoms with Crippen LogP contribution in [0.2, 0.25) is 0 Å². The number of amides is 1. The van der Waals surface area contributed by atoms with Crippen molar-refractivity contribution in [3.05, 3.63) is 82.5 Å². The molecular weight excluding hydrogens is 423 g/mol. The van der Waals surface area contributed by atoms with Gasteiger partial charge in [-0.25, -0.2) is 4.98 Å². The van der Waals surface area contributed by atoms with Crippen molar-refractivity contribution in [1.29, 1.82) is 0 Å². The number of alkyl halides is 3. The topological polar surface area (TPSA) is 54.0 Å². The van der Waals surface area contributed by atoms with E-state index in [0.717, 1.165) is 22.3 Å². The van der Waals surface area contributed by atoms with E-state index in [1.807, 2.05) is 24.3 Å². The number of anilines is 3. The zero-order valence-electron chi connectivity index (χ0n) is 13.7. The van der Waals surface area contributed by atoms with Gasteiger partial charge in [0.1, 0.15) is 5.82 Å². The number of hydrogen-bond acceptors (Lipinski definition) is 3. The summed E-state index contributed by atoms with van der Waals surface area (Å²) in [5, 5.41) is 5.65. The molecule has 3 aromatic rings. The van der Waals surface area contributed by atoms with Crippen molar-refractivity contribution in [1.82, 2.24) is 4.98 Å². The smallest absolute Gasteiger partial charge is 0.339 e. The van der Waals surface area contributed by atoms with E-state index in [9.17, 15) is 18.0 Å². The normalized spacial score (nSPS) is 11.1. The molecular formula is C19H13BrF3N3O. The lowest BCUT2D eigenvalue weighted by Crippen LogP contribution is -2.15. The zero-order chi connectivity index (χ0) is 19.4. The van der Waals surface area contributed by atoms with Crippen LogP contribution in [0.15, 0.2) is 71.3 Å². The van der Waals surface area contributed by atoms with E-state index in [4.69, 9.17) is 0 Å². The highest BCUT2D eigenvalue weighted by molar-refractivity contribution is 9.10. The molecule has 27 heavy (non-hydrogen) atoms. The van der Waals surface area contributed by atoms with Crippen molar-refractivity contribution >= 4 is 39.0 Å². The van der Waals surface area contributed by atoms with Gasteiger partial charge >= 0.3 is 6.18 Å². The summed E-state index contributed by atoms with van der Waals surface area (Å²) in [5.74, 6) is -0.161. The predicted octanol–water partition coefficient (Wildman–Crippen LogP) is 5.86. The van der Waals surface area contributed by atoms with Crippen LogP contribution >= 0.6 is 15.9 Å². The highest BCUT2D eigenvalue weighted by Crippen LogP contribution is 2.30. The number of pyridine rings is 1. The molecule has 0 unspecified atom stereocenters. The molecule has 0 atom stereocenters. The molecule has 1 amide bonds. The summed E-state index contributed by atoms with van der Waals surface area (Å²) in [6.07, 6.45) is -2.89. The summed E-state index contributed by atoms with van der Waals surface area (Å²) in [6.45, 7) is 0. The minimum atomic E-state index is -4.42. The minimum Gasteiger partial charge on any atom is -0.339 e. The molecule has 0 fully saturated rings. The molecule has 0 saturated heterocycles. The van der Waals surface area contributed by atoms with Gasteiger partial charge in [-0.05, 0) is 64.5 Å². The third-order valence-electron chi connectivity index (χ3n) is 3.65. The first kappa shape index (κ1) is 18.9. The van der Waals surface area contributed by atoms with E-state index in [0.29, 0.717) is 5.82 Å². The summed E-state index contributed by atoms with van der Waals surface area (Å²) < 4.78 is 38.7. The Morgan fingerprint density at radius 3 is 2.33 bits per heavy atom. The molecule has 2 aromatic carbocycles. The Bertz CT molecular complexity index is 959. The molecule has 0 aliphatic carbocycles. The Hall–Kier alpha value is -2.87. The minimum absolute atomic E-state index is 0.253. The molecule has 0 aliphatic heterocycles. The van der Waals surface area contributed by atoms with Crippen molar-refractivity contribution in [2.24, 2.45) is 0 Å². The standard InChI is InChI=1S/C19H13BrF3N3O/c20-15-5-1-2-6-16(15)26-17-14(4-3-11-24-17)18(27)25-13-9-7-12(8-10-13)19(21,22)23/h1-11H,(H,24,26)(H,25,27). The Morgan fingerprint density at radius 2 is 1.67 bits per heavy atom. The molecule has 1 heterocycles. The molecule has 3 rings (SSSR count). The summed E-state index contributed by atoms with van der Waals surface area (Å²) in [6, 6.07) is 14.8. The van der Waals surface area contributed by atoms with Gasteiger partial charge in [-0.3, -0.25) is 4.79 Å². The Balaban J connectivity index is 1.80. The van der Waals surface area contributed by atoms with Crippen LogP contribution in [0.3, 0.4) is 0 Å². The van der Waals surface area contributed by atoms with Crippen molar-refractivity contribution in [3.63, 3.8) is 0 Å². The second-order valence-electron chi connectivity index (χ2n) is 5.53. The van der Waals surface area contributed by atoms with Gasteiger partial charge < -0.3 is 10.6 Å². The number of nitrogens with one attached hydrogen (secondary N) is 2. The van der Waals surface area contributed by atoms with Crippen LogP contribution in [0.5, 0.6) is 0 Å². The van der Waals surface area contributed by atoms with Gasteiger partial charge in [0.2, 0.25) is 0 Å². The second-order valence-corrected chi connectivity index (χ2v) is 6.39. The van der Waals surface area contributed by atoms with Gasteiger partial charge in [-0.15, -0.1) is 0 Å². The molecule has 0 aliphatic rings. The van der Waals surface area contributed by atoms with E-state index < -0.39 is 17.6 Å². The summed E-state index contributed by atoms with van der Waals surface area (Å²) in [7, 11) is 0. The molecule has 1 aromatic heterocycles. The summed E-state index contributed by atoms with van der Waals surface area (Å²) in [5.41, 5.74) is 0.454. The quantitative estimate of drug-likeness (QED) is 0.539. The lowest BCUT2D eigenvalue weighted by Gasteiger charge is -2.13. The number of nitrogens with zero attached hydrogens (tertiary/aromatic N) is 1. The first-order chi connectivity index (χ1) is 12.8. The Morgan fingerprint density at radius 1 is 0.963 bits per heavy atom. The van der Waals surface area contributed by atoms with Crippen molar-refractivity contribution in [2.75, 3.05) is 10.6 Å². The van der Waals surface area contributed by atoms with E-state index >= 15 is 0 Å². The average Bonchev–Trinajstić information content (AvgIpc) is 2.64. The van der Waals surface area contributed by atoms with Gasteiger partial charge in [-0.1, -0.05) is 12.1 Å². The molecule has 4 nitrogen and oxygen atoms in total. The summed E-state index contributed by atoms with van der Waals surface area (Å²) >= 11 is 3.41. The highest BCUT2D eigenvalue weighted by atomic mass is 79.9. The first-order valence-corrected chi connectivity index (χ1v) is 8.59. The molecule has 8 heteroatoms. The predicted molar refractivity (Wildman–Crippen MR) is 101 cm³/mol. The van der Waals surface area contributed by atoms with Crippen LogP contribution < -0.4 is 10.6 Å². The lowest BCUT2D eigenvalue weighted by atomic mass is 10.2. The van der Waals surface area contributed by atoms with Crippen LogP contribution in [-0.4, -0.2) is 10.9 Å².